The SMILES string of the molecule is COCCO[C@H]1/C=C/C[C@H](C)[C@H](CCOC)S(=O)(=O)NC(=O)c2ccc3c(c2)N(C[C@@H]2CC[C@H]21)C[C@@]1(CCCc2cc(Cl)ccc21)CO3. The van der Waals surface area contributed by atoms with Gasteiger partial charge in [0.05, 0.1) is 36.9 Å². The number of sulfonamides is 1. The van der Waals surface area contributed by atoms with Crippen molar-refractivity contribution in [1.82, 2.24) is 4.72 Å². The lowest BCUT2D eigenvalue weighted by atomic mass is 9.68. The van der Waals surface area contributed by atoms with Crippen LogP contribution >= 0.6 is 11.6 Å². The van der Waals surface area contributed by atoms with Crippen molar-refractivity contribution in [2.75, 3.05) is 58.6 Å². The monoisotopic (exact) mass is 700 g/mol. The summed E-state index contributed by atoms with van der Waals surface area (Å²) in [5, 5.41) is -0.0772. The fraction of sp³-hybridized carbons (Fsp3) is 0.595. The molecule has 1 fully saturated rings. The van der Waals surface area contributed by atoms with E-state index in [1.54, 1.807) is 20.3 Å². The molecule has 9 nitrogen and oxygen atoms in total. The zero-order valence-corrected chi connectivity index (χ0v) is 29.9. The Morgan fingerprint density at radius 2 is 1.92 bits per heavy atom. The van der Waals surface area contributed by atoms with E-state index in [2.05, 4.69) is 33.9 Å². The summed E-state index contributed by atoms with van der Waals surface area (Å²) in [4.78, 5) is 16.1. The van der Waals surface area contributed by atoms with E-state index in [0.717, 1.165) is 49.4 Å². The number of anilines is 1. The molecule has 0 radical (unpaired) electrons. The Labute approximate surface area is 290 Å². The number of nitrogens with zero attached hydrogens (tertiary/aromatic N) is 1. The molecular formula is C37H49ClN2O7S. The van der Waals surface area contributed by atoms with Gasteiger partial charge < -0.3 is 23.8 Å². The Morgan fingerprint density at radius 1 is 1.08 bits per heavy atom. The molecule has 6 rings (SSSR count). The van der Waals surface area contributed by atoms with Gasteiger partial charge in [-0.15, -0.1) is 0 Å². The van der Waals surface area contributed by atoms with E-state index >= 15 is 0 Å². The number of methoxy groups -OCH3 is 2. The highest BCUT2D eigenvalue weighted by molar-refractivity contribution is 7.90. The summed E-state index contributed by atoms with van der Waals surface area (Å²) in [5.41, 5.74) is 3.37. The third kappa shape index (κ3) is 7.43. The van der Waals surface area contributed by atoms with Gasteiger partial charge in [0, 0.05) is 49.9 Å². The third-order valence-corrected chi connectivity index (χ3v) is 13.2. The van der Waals surface area contributed by atoms with Gasteiger partial charge in [-0.2, -0.15) is 0 Å². The number of hydrogen-bond acceptors (Lipinski definition) is 8. The Balaban J connectivity index is 1.41. The molecule has 2 aromatic carbocycles. The van der Waals surface area contributed by atoms with Gasteiger partial charge in [-0.05, 0) is 104 Å². The van der Waals surface area contributed by atoms with Gasteiger partial charge in [-0.25, -0.2) is 13.1 Å². The van der Waals surface area contributed by atoms with Crippen molar-refractivity contribution in [2.45, 2.75) is 68.6 Å². The lowest BCUT2D eigenvalue weighted by Crippen LogP contribution is -2.49. The number of halogens is 1. The summed E-state index contributed by atoms with van der Waals surface area (Å²) in [6, 6.07) is 11.5. The van der Waals surface area contributed by atoms with Gasteiger partial charge in [0.2, 0.25) is 10.0 Å². The van der Waals surface area contributed by atoms with Crippen LogP contribution in [0.5, 0.6) is 5.75 Å². The Morgan fingerprint density at radius 3 is 2.69 bits per heavy atom. The predicted molar refractivity (Wildman–Crippen MR) is 188 cm³/mol. The van der Waals surface area contributed by atoms with Gasteiger partial charge >= 0.3 is 0 Å². The number of carbonyl (C=O) groups excluding carboxylic acids is 1. The fourth-order valence-electron chi connectivity index (χ4n) is 8.20. The van der Waals surface area contributed by atoms with E-state index in [9.17, 15) is 13.2 Å². The number of allylic oxidation sites excluding steroid dienone is 1. The molecule has 1 saturated carbocycles. The number of benzene rings is 2. The van der Waals surface area contributed by atoms with Crippen LogP contribution in [0.3, 0.4) is 0 Å². The smallest absolute Gasteiger partial charge is 0.264 e. The van der Waals surface area contributed by atoms with E-state index in [0.29, 0.717) is 50.4 Å². The quantitative estimate of drug-likeness (QED) is 0.280. The number of rotatable bonds is 7. The maximum Gasteiger partial charge on any atom is 0.264 e. The van der Waals surface area contributed by atoms with Gasteiger partial charge in [-0.1, -0.05) is 36.7 Å². The lowest BCUT2D eigenvalue weighted by molar-refractivity contribution is -0.0309. The third-order valence-electron chi connectivity index (χ3n) is 11.0. The Kier molecular flexibility index (Phi) is 11.1. The highest BCUT2D eigenvalue weighted by atomic mass is 35.5. The topological polar surface area (TPSA) is 103 Å². The molecule has 6 atom stereocenters. The first-order valence-electron chi connectivity index (χ1n) is 17.3. The molecule has 2 aliphatic heterocycles. The average Bonchev–Trinajstić information content (AvgIpc) is 3.19. The van der Waals surface area contributed by atoms with Crippen molar-refractivity contribution < 1.29 is 32.2 Å². The van der Waals surface area contributed by atoms with Crippen molar-refractivity contribution in [2.24, 2.45) is 17.8 Å². The molecule has 11 heteroatoms. The molecule has 0 unspecified atom stereocenters. The van der Waals surface area contributed by atoms with Crippen molar-refractivity contribution in [3.05, 3.63) is 70.3 Å². The Hall–Kier alpha value is -2.63. The van der Waals surface area contributed by atoms with Crippen LogP contribution in [0.2, 0.25) is 5.02 Å². The number of ether oxygens (including phenoxy) is 4. The molecule has 2 heterocycles. The number of nitrogens with one attached hydrogen (secondary N) is 1. The lowest BCUT2D eigenvalue weighted by Gasteiger charge is -2.46. The zero-order chi connectivity index (χ0) is 33.9. The molecule has 2 bridgehead atoms. The van der Waals surface area contributed by atoms with Crippen LogP contribution in [-0.2, 0) is 36.1 Å². The van der Waals surface area contributed by atoms with E-state index in [-0.39, 0.29) is 36.0 Å². The average molecular weight is 701 g/mol. The second kappa shape index (κ2) is 15.1. The van der Waals surface area contributed by atoms with E-state index < -0.39 is 21.2 Å². The Bertz CT molecular complexity index is 1600. The largest absolute Gasteiger partial charge is 0.490 e. The van der Waals surface area contributed by atoms with Crippen molar-refractivity contribution in [3.8, 4) is 5.75 Å². The molecule has 0 saturated heterocycles. The van der Waals surface area contributed by atoms with Crippen LogP contribution in [0.4, 0.5) is 5.69 Å². The summed E-state index contributed by atoms with van der Waals surface area (Å²) in [6.07, 6.45) is 9.94. The normalized spacial score (nSPS) is 30.6. The van der Waals surface area contributed by atoms with Crippen LogP contribution in [-0.4, -0.2) is 79.4 Å². The van der Waals surface area contributed by atoms with Crippen LogP contribution in [0.1, 0.15) is 66.9 Å². The number of fused-ring (bicyclic) bond motifs is 4. The highest BCUT2D eigenvalue weighted by Gasteiger charge is 2.44. The maximum absolute atomic E-state index is 13.8. The van der Waals surface area contributed by atoms with Gasteiger partial charge in [0.15, 0.2) is 0 Å². The van der Waals surface area contributed by atoms with Gasteiger partial charge in [-0.3, -0.25) is 4.79 Å². The number of amides is 1. The van der Waals surface area contributed by atoms with Crippen molar-refractivity contribution >= 4 is 33.2 Å². The van der Waals surface area contributed by atoms with E-state index in [1.807, 2.05) is 25.1 Å². The minimum absolute atomic E-state index is 0.117. The standard InChI is InChI=1S/C37H49ClN2O7S/c1-25-6-4-8-33(46-19-18-45-3)30-12-9-28(30)22-40-23-37(16-5-7-26-20-29(38)11-13-31(26)37)24-47-34-14-10-27(21-32(34)40)36(41)39-48(42,43)35(25)15-17-44-2/h4,8,10-11,13-14,20-21,25,28,30,33,35H,5-7,9,12,15-19,22-24H2,1-3H3,(H,39,41)/b8-4+/t25-,28-,30+,33-,35-,37-/m0/s1. The number of carbonyl (C=O) groups is 1. The molecule has 1 amide bonds. The first kappa shape index (κ1) is 35.2. The number of hydrogen-bond donors (Lipinski definition) is 1. The second-order valence-corrected chi connectivity index (χ2v) is 16.4. The van der Waals surface area contributed by atoms with Crippen molar-refractivity contribution in [1.29, 1.82) is 0 Å². The van der Waals surface area contributed by atoms with Crippen LogP contribution < -0.4 is 14.4 Å². The van der Waals surface area contributed by atoms with Crippen molar-refractivity contribution in [3.63, 3.8) is 0 Å². The zero-order valence-electron chi connectivity index (χ0n) is 28.3. The predicted octanol–water partition coefficient (Wildman–Crippen LogP) is 5.93. The minimum Gasteiger partial charge on any atom is -0.490 e. The molecule has 262 valence electrons. The number of aryl methyl sites for hydroxylation is 1. The van der Waals surface area contributed by atoms with Crippen LogP contribution in [0, 0.1) is 17.8 Å². The molecule has 1 spiro atoms. The van der Waals surface area contributed by atoms with E-state index in [1.165, 1.54) is 11.1 Å². The highest BCUT2D eigenvalue weighted by Crippen LogP contribution is 2.47. The molecule has 0 aromatic heterocycles. The maximum atomic E-state index is 13.8. The molecule has 2 aromatic rings. The van der Waals surface area contributed by atoms with Gasteiger partial charge in [0.25, 0.3) is 5.91 Å². The molecule has 4 aliphatic rings. The van der Waals surface area contributed by atoms with E-state index in [4.69, 9.17) is 30.5 Å². The summed E-state index contributed by atoms with van der Waals surface area (Å²) in [6.45, 7) is 5.14. The fourth-order valence-corrected chi connectivity index (χ4v) is 10.1. The summed E-state index contributed by atoms with van der Waals surface area (Å²) in [7, 11) is -0.803. The first-order chi connectivity index (χ1) is 23.1. The molecular weight excluding hydrogens is 652 g/mol. The summed E-state index contributed by atoms with van der Waals surface area (Å²) >= 11 is 6.45. The summed E-state index contributed by atoms with van der Waals surface area (Å²) < 4.78 is 53.6. The second-order valence-electron chi connectivity index (χ2n) is 14.1. The molecule has 48 heavy (non-hydrogen) atoms. The first-order valence-corrected chi connectivity index (χ1v) is 19.2. The van der Waals surface area contributed by atoms with Crippen LogP contribution in [0.25, 0.3) is 0 Å². The van der Waals surface area contributed by atoms with Crippen LogP contribution in [0.15, 0.2) is 48.6 Å². The molecule has 1 N–H and O–H groups in total. The minimum atomic E-state index is -4.03. The molecule has 2 aliphatic carbocycles. The van der Waals surface area contributed by atoms with Gasteiger partial charge in [0.1, 0.15) is 5.75 Å². The summed E-state index contributed by atoms with van der Waals surface area (Å²) in [5.74, 6) is 0.452.